The van der Waals surface area contributed by atoms with Gasteiger partial charge < -0.3 is 9.63 Å². The molecule has 0 atom stereocenters. The number of aromatic nitrogens is 1. The van der Waals surface area contributed by atoms with Crippen molar-refractivity contribution in [3.63, 3.8) is 0 Å². The molecule has 1 aliphatic rings. The van der Waals surface area contributed by atoms with Crippen molar-refractivity contribution in [2.45, 2.75) is 57.8 Å². The fraction of sp³-hybridized carbons (Fsp3) is 0.647. The van der Waals surface area contributed by atoms with Crippen LogP contribution in [-0.4, -0.2) is 22.8 Å². The number of halogens is 1. The van der Waals surface area contributed by atoms with E-state index in [-0.39, 0.29) is 23.8 Å². The van der Waals surface area contributed by atoms with E-state index in [0.29, 0.717) is 30.8 Å². The summed E-state index contributed by atoms with van der Waals surface area (Å²) in [5.41, 5.74) is -0.176. The summed E-state index contributed by atoms with van der Waals surface area (Å²) in [4.78, 5) is 12.4. The number of carbonyl (C=O) groups is 1. The molecule has 1 heterocycles. The van der Waals surface area contributed by atoms with E-state index in [4.69, 9.17) is 4.52 Å². The Labute approximate surface area is 135 Å². The highest BCUT2D eigenvalue weighted by molar-refractivity contribution is 5.93. The molecule has 2 rings (SSSR count). The fourth-order valence-corrected chi connectivity index (χ4v) is 2.51. The molecule has 1 aromatic heterocycles. The summed E-state index contributed by atoms with van der Waals surface area (Å²) in [5.74, 6) is -0.178. The van der Waals surface area contributed by atoms with Crippen LogP contribution in [0.15, 0.2) is 23.0 Å². The molecule has 5 nitrogen and oxygen atoms in total. The first-order chi connectivity index (χ1) is 10.8. The molecule has 1 fully saturated rings. The number of aliphatic hydroxyl groups excluding tert-OH is 1. The summed E-state index contributed by atoms with van der Waals surface area (Å²) < 4.78 is 17.8. The molecule has 6 heteroatoms. The van der Waals surface area contributed by atoms with Crippen molar-refractivity contribution in [2.75, 3.05) is 11.9 Å². The number of rotatable bonds is 9. The Kier molecular flexibility index (Phi) is 5.24. The molecule has 2 N–H and O–H groups in total. The number of anilines is 1. The highest BCUT2D eigenvalue weighted by atomic mass is 19.1. The van der Waals surface area contributed by atoms with Crippen molar-refractivity contribution >= 4 is 11.8 Å². The summed E-state index contributed by atoms with van der Waals surface area (Å²) in [7, 11) is 0. The van der Waals surface area contributed by atoms with E-state index in [2.05, 4.69) is 17.1 Å². The summed E-state index contributed by atoms with van der Waals surface area (Å²) in [5, 5.41) is 16.1. The van der Waals surface area contributed by atoms with Crippen LogP contribution in [0.4, 0.5) is 10.3 Å². The summed E-state index contributed by atoms with van der Waals surface area (Å²) in [6.45, 7) is 6.97. The minimum absolute atomic E-state index is 0.0400. The third-order valence-electron chi connectivity index (χ3n) is 4.56. The fourth-order valence-electron chi connectivity index (χ4n) is 2.51. The van der Waals surface area contributed by atoms with Gasteiger partial charge in [-0.25, -0.2) is 4.39 Å². The van der Waals surface area contributed by atoms with Crippen molar-refractivity contribution in [1.82, 2.24) is 5.16 Å². The van der Waals surface area contributed by atoms with Gasteiger partial charge in [0.15, 0.2) is 0 Å². The van der Waals surface area contributed by atoms with Crippen molar-refractivity contribution in [3.05, 3.63) is 24.2 Å². The topological polar surface area (TPSA) is 75.4 Å². The molecule has 0 spiro atoms. The molecule has 128 valence electrons. The molecule has 1 amide bonds. The van der Waals surface area contributed by atoms with Gasteiger partial charge in [-0.2, -0.15) is 0 Å². The number of amides is 1. The number of nitrogens with one attached hydrogen (secondary N) is 1. The Balaban J connectivity index is 1.86. The normalized spacial score (nSPS) is 16.2. The second-order valence-electron chi connectivity index (χ2n) is 7.08. The molecule has 23 heavy (non-hydrogen) atoms. The third kappa shape index (κ3) is 4.41. The van der Waals surface area contributed by atoms with Gasteiger partial charge in [0, 0.05) is 16.9 Å². The van der Waals surface area contributed by atoms with Gasteiger partial charge in [0.05, 0.1) is 18.1 Å². The zero-order chi connectivity index (χ0) is 17.1. The first-order valence-corrected chi connectivity index (χ1v) is 8.02. The maximum absolute atomic E-state index is 12.6. The average Bonchev–Trinajstić information content (AvgIpc) is 3.16. The second kappa shape index (κ2) is 6.83. The van der Waals surface area contributed by atoms with Crippen LogP contribution in [0.25, 0.3) is 0 Å². The summed E-state index contributed by atoms with van der Waals surface area (Å²) in [6, 6.07) is 1.68. The first-order valence-electron chi connectivity index (χ1n) is 8.02. The number of carbonyl (C=O) groups excluding carboxylic acids is 1. The molecule has 0 bridgehead atoms. The number of allylic oxidation sites excluding steroid dienone is 1. The lowest BCUT2D eigenvalue weighted by molar-refractivity contribution is -0.124. The highest BCUT2D eigenvalue weighted by Gasteiger charge is 2.46. The predicted octanol–water partition coefficient (Wildman–Crippen LogP) is 3.71. The summed E-state index contributed by atoms with van der Waals surface area (Å²) >= 11 is 0. The van der Waals surface area contributed by atoms with E-state index in [1.54, 1.807) is 6.07 Å². The van der Waals surface area contributed by atoms with E-state index >= 15 is 0 Å². The van der Waals surface area contributed by atoms with Gasteiger partial charge in [-0.05, 0) is 32.1 Å². The van der Waals surface area contributed by atoms with Gasteiger partial charge >= 0.3 is 0 Å². The van der Waals surface area contributed by atoms with Crippen LogP contribution in [0.2, 0.25) is 0 Å². The Morgan fingerprint density at radius 2 is 2.22 bits per heavy atom. The third-order valence-corrected chi connectivity index (χ3v) is 4.56. The van der Waals surface area contributed by atoms with Crippen LogP contribution in [0, 0.1) is 5.41 Å². The van der Waals surface area contributed by atoms with E-state index in [9.17, 15) is 14.3 Å². The Morgan fingerprint density at radius 1 is 1.52 bits per heavy atom. The largest absolute Gasteiger partial charge is 0.395 e. The number of hydrogen-bond acceptors (Lipinski definition) is 4. The van der Waals surface area contributed by atoms with Gasteiger partial charge in [0.25, 0.3) is 0 Å². The number of unbranched alkanes of at least 4 members (excludes halogenated alkanes) is 1. The SMILES string of the molecule is C=C(F)CCCCC(C)(C)C(=O)Nc1cc(C2(CO)CC2)no1. The van der Waals surface area contributed by atoms with E-state index in [1.165, 1.54) is 0 Å². The Bertz CT molecular complexity index is 576. The average molecular weight is 324 g/mol. The molecule has 0 radical (unpaired) electrons. The molecular formula is C17H25FN2O3. The maximum atomic E-state index is 12.6. The van der Waals surface area contributed by atoms with Crippen LogP contribution in [0.5, 0.6) is 0 Å². The van der Waals surface area contributed by atoms with Crippen molar-refractivity contribution in [3.8, 4) is 0 Å². The molecule has 0 aromatic carbocycles. The summed E-state index contributed by atoms with van der Waals surface area (Å²) in [6.07, 6.45) is 4.18. The molecule has 1 saturated carbocycles. The van der Waals surface area contributed by atoms with Crippen LogP contribution in [-0.2, 0) is 10.2 Å². The Hall–Kier alpha value is -1.69. The van der Waals surface area contributed by atoms with Gasteiger partial charge in [0.2, 0.25) is 11.8 Å². The quantitative estimate of drug-likeness (QED) is 0.679. The zero-order valence-corrected chi connectivity index (χ0v) is 13.8. The zero-order valence-electron chi connectivity index (χ0n) is 13.8. The monoisotopic (exact) mass is 324 g/mol. The lowest BCUT2D eigenvalue weighted by Gasteiger charge is -2.22. The van der Waals surface area contributed by atoms with Gasteiger partial charge in [-0.15, -0.1) is 0 Å². The number of hydrogen-bond donors (Lipinski definition) is 2. The second-order valence-corrected chi connectivity index (χ2v) is 7.08. The number of nitrogens with zero attached hydrogens (tertiary/aromatic N) is 1. The van der Waals surface area contributed by atoms with Crippen molar-refractivity contribution < 1.29 is 18.8 Å². The molecule has 0 saturated heterocycles. The van der Waals surface area contributed by atoms with Crippen LogP contribution >= 0.6 is 0 Å². The standard InChI is InChI=1S/C17H25FN2O3/c1-12(18)6-4-5-7-16(2,3)15(22)19-14-10-13(20-23-14)17(11-21)8-9-17/h10,21H,1,4-9,11H2,2-3H3,(H,19,22). The molecular weight excluding hydrogens is 299 g/mol. The van der Waals surface area contributed by atoms with E-state index in [1.807, 2.05) is 13.8 Å². The van der Waals surface area contributed by atoms with E-state index < -0.39 is 5.41 Å². The van der Waals surface area contributed by atoms with Crippen LogP contribution < -0.4 is 5.32 Å². The minimum atomic E-state index is -0.584. The van der Waals surface area contributed by atoms with Crippen LogP contribution in [0.3, 0.4) is 0 Å². The van der Waals surface area contributed by atoms with E-state index in [0.717, 1.165) is 19.3 Å². The van der Waals surface area contributed by atoms with Gasteiger partial charge in [-0.3, -0.25) is 10.1 Å². The van der Waals surface area contributed by atoms with Gasteiger partial charge in [0.1, 0.15) is 0 Å². The molecule has 0 unspecified atom stereocenters. The number of aliphatic hydroxyl groups is 1. The Morgan fingerprint density at radius 3 is 2.78 bits per heavy atom. The first kappa shape index (κ1) is 17.7. The van der Waals surface area contributed by atoms with Crippen molar-refractivity contribution in [1.29, 1.82) is 0 Å². The van der Waals surface area contributed by atoms with Gasteiger partial charge in [-0.1, -0.05) is 32.0 Å². The van der Waals surface area contributed by atoms with Crippen LogP contribution in [0.1, 0.15) is 58.1 Å². The maximum Gasteiger partial charge on any atom is 0.232 e. The molecule has 0 aliphatic heterocycles. The smallest absolute Gasteiger partial charge is 0.232 e. The lowest BCUT2D eigenvalue weighted by Crippen LogP contribution is -2.30. The molecule has 1 aromatic rings. The van der Waals surface area contributed by atoms with Crippen molar-refractivity contribution in [2.24, 2.45) is 5.41 Å². The lowest BCUT2D eigenvalue weighted by atomic mass is 9.86. The predicted molar refractivity (Wildman–Crippen MR) is 85.6 cm³/mol. The molecule has 1 aliphatic carbocycles. The minimum Gasteiger partial charge on any atom is -0.395 e. The highest BCUT2D eigenvalue weighted by Crippen LogP contribution is 2.47.